The number of amides is 1. The molecule has 0 bridgehead atoms. The number of carbonyl (C=O) groups is 1. The lowest BCUT2D eigenvalue weighted by Gasteiger charge is -2.12. The first-order valence-corrected chi connectivity index (χ1v) is 12.1. The van der Waals surface area contributed by atoms with Crippen LogP contribution in [0.4, 0.5) is 5.82 Å². The minimum absolute atomic E-state index is 0.0570. The second-order valence-corrected chi connectivity index (χ2v) is 9.24. The van der Waals surface area contributed by atoms with Crippen LogP contribution in [0, 0.1) is 0 Å². The summed E-state index contributed by atoms with van der Waals surface area (Å²) in [6.07, 6.45) is 5.73. The number of aromatic nitrogens is 3. The summed E-state index contributed by atoms with van der Waals surface area (Å²) in [6.45, 7) is 1.08. The maximum absolute atomic E-state index is 12.8. The van der Waals surface area contributed by atoms with Crippen LogP contribution in [0.15, 0.2) is 53.8 Å². The molecule has 1 aromatic carbocycles. The van der Waals surface area contributed by atoms with Crippen molar-refractivity contribution in [1.29, 1.82) is 0 Å². The van der Waals surface area contributed by atoms with Gasteiger partial charge in [-0.05, 0) is 37.1 Å². The molecular formula is C22H26N4O6S. The van der Waals surface area contributed by atoms with Gasteiger partial charge < -0.3 is 19.5 Å². The molecule has 1 amide bonds. The van der Waals surface area contributed by atoms with Crippen LogP contribution in [0.2, 0.25) is 0 Å². The fourth-order valence-corrected chi connectivity index (χ4v) is 3.40. The molecule has 176 valence electrons. The monoisotopic (exact) mass is 474 g/mol. The number of rotatable bonds is 11. The van der Waals surface area contributed by atoms with Gasteiger partial charge >= 0.3 is 0 Å². The Morgan fingerprint density at radius 1 is 1.06 bits per heavy atom. The lowest BCUT2D eigenvalue weighted by atomic mass is 10.2. The van der Waals surface area contributed by atoms with E-state index in [1.165, 1.54) is 18.3 Å². The predicted molar refractivity (Wildman–Crippen MR) is 122 cm³/mol. The van der Waals surface area contributed by atoms with Crippen LogP contribution in [0.5, 0.6) is 17.2 Å². The number of anilines is 1. The SMILES string of the molecule is COCCCCOc1cc(Oc2ccc(S(C)(=O)=O)nc2)cc(C(=O)Nc2ccn(C)n2)c1. The Bertz CT molecular complexity index is 1190. The molecule has 3 rings (SSSR count). The number of methoxy groups -OCH3 is 1. The van der Waals surface area contributed by atoms with Gasteiger partial charge in [0.25, 0.3) is 5.91 Å². The summed E-state index contributed by atoms with van der Waals surface area (Å²) in [6, 6.07) is 9.36. The normalized spacial score (nSPS) is 11.2. The van der Waals surface area contributed by atoms with Crippen LogP contribution in [-0.2, 0) is 21.6 Å². The minimum Gasteiger partial charge on any atom is -0.493 e. The van der Waals surface area contributed by atoms with E-state index in [0.717, 1.165) is 19.1 Å². The highest BCUT2D eigenvalue weighted by molar-refractivity contribution is 7.90. The minimum atomic E-state index is -3.42. The van der Waals surface area contributed by atoms with E-state index in [1.54, 1.807) is 49.3 Å². The smallest absolute Gasteiger partial charge is 0.257 e. The average Bonchev–Trinajstić information content (AvgIpc) is 3.17. The van der Waals surface area contributed by atoms with Gasteiger partial charge in [0.1, 0.15) is 17.2 Å². The van der Waals surface area contributed by atoms with Crippen molar-refractivity contribution < 1.29 is 27.4 Å². The summed E-state index contributed by atoms with van der Waals surface area (Å²) in [5, 5.41) is 6.82. The molecule has 2 heterocycles. The van der Waals surface area contributed by atoms with Gasteiger partial charge in [-0.3, -0.25) is 9.48 Å². The van der Waals surface area contributed by atoms with Crippen molar-refractivity contribution in [1.82, 2.24) is 14.8 Å². The number of hydrogen-bond acceptors (Lipinski definition) is 8. The molecule has 0 radical (unpaired) electrons. The number of aryl methyl sites for hydroxylation is 1. The van der Waals surface area contributed by atoms with Crippen LogP contribution < -0.4 is 14.8 Å². The van der Waals surface area contributed by atoms with Crippen LogP contribution in [0.25, 0.3) is 0 Å². The molecule has 0 saturated carbocycles. The van der Waals surface area contributed by atoms with Crippen molar-refractivity contribution in [3.8, 4) is 17.2 Å². The Kier molecular flexibility index (Phi) is 8.01. The summed E-state index contributed by atoms with van der Waals surface area (Å²) in [5.74, 6) is 1.14. The predicted octanol–water partition coefficient (Wildman–Crippen LogP) is 3.07. The Balaban J connectivity index is 1.80. The van der Waals surface area contributed by atoms with Crippen LogP contribution >= 0.6 is 0 Å². The molecule has 0 spiro atoms. The lowest BCUT2D eigenvalue weighted by Crippen LogP contribution is -2.13. The van der Waals surface area contributed by atoms with E-state index >= 15 is 0 Å². The molecule has 1 N–H and O–H groups in total. The average molecular weight is 475 g/mol. The number of pyridine rings is 1. The first kappa shape index (κ1) is 24.2. The fraction of sp³-hybridized carbons (Fsp3) is 0.318. The van der Waals surface area contributed by atoms with Gasteiger partial charge in [0.15, 0.2) is 20.7 Å². The van der Waals surface area contributed by atoms with Crippen molar-refractivity contribution >= 4 is 21.6 Å². The summed E-state index contributed by atoms with van der Waals surface area (Å²) < 4.78 is 41.5. The molecule has 11 heteroatoms. The molecule has 0 atom stereocenters. The zero-order valence-electron chi connectivity index (χ0n) is 18.6. The number of nitrogens with zero attached hydrogens (tertiary/aromatic N) is 3. The molecule has 0 fully saturated rings. The lowest BCUT2D eigenvalue weighted by molar-refractivity contribution is 0.102. The van der Waals surface area contributed by atoms with Gasteiger partial charge in [-0.15, -0.1) is 0 Å². The van der Waals surface area contributed by atoms with E-state index in [0.29, 0.717) is 41.8 Å². The topological polar surface area (TPSA) is 122 Å². The van der Waals surface area contributed by atoms with Gasteiger partial charge in [0, 0.05) is 50.9 Å². The molecule has 0 aliphatic carbocycles. The highest BCUT2D eigenvalue weighted by Gasteiger charge is 2.14. The number of sulfone groups is 1. The molecule has 0 saturated heterocycles. The molecule has 10 nitrogen and oxygen atoms in total. The van der Waals surface area contributed by atoms with Crippen LogP contribution in [0.1, 0.15) is 23.2 Å². The summed E-state index contributed by atoms with van der Waals surface area (Å²) >= 11 is 0. The standard InChI is InChI=1S/C22H26N4O6S/c1-26-9-8-20(25-26)24-22(27)16-12-18(31-11-5-4-10-30-2)14-19(13-16)32-17-6-7-21(23-15-17)33(3,28)29/h6-9,12-15H,4-5,10-11H2,1-3H3,(H,24,25,27). The molecule has 3 aromatic rings. The molecule has 0 aliphatic rings. The number of carbonyl (C=O) groups excluding carboxylic acids is 1. The second kappa shape index (κ2) is 10.9. The number of nitrogens with one attached hydrogen (secondary N) is 1. The van der Waals surface area contributed by atoms with Gasteiger partial charge in [-0.25, -0.2) is 13.4 Å². The van der Waals surface area contributed by atoms with Gasteiger partial charge in [-0.1, -0.05) is 0 Å². The summed E-state index contributed by atoms with van der Waals surface area (Å²) in [7, 11) is -0.0214. The number of benzene rings is 1. The summed E-state index contributed by atoms with van der Waals surface area (Å²) in [4.78, 5) is 16.7. The van der Waals surface area contributed by atoms with Gasteiger partial charge in [0.05, 0.1) is 12.8 Å². The number of hydrogen-bond donors (Lipinski definition) is 1. The summed E-state index contributed by atoms with van der Waals surface area (Å²) in [5.41, 5.74) is 0.311. The zero-order valence-corrected chi connectivity index (χ0v) is 19.5. The van der Waals surface area contributed by atoms with E-state index in [-0.39, 0.29) is 10.9 Å². The van der Waals surface area contributed by atoms with E-state index in [2.05, 4.69) is 15.4 Å². The first-order chi connectivity index (χ1) is 15.7. The third-order valence-electron chi connectivity index (χ3n) is 4.43. The van der Waals surface area contributed by atoms with Crippen molar-refractivity contribution in [2.75, 3.05) is 31.9 Å². The van der Waals surface area contributed by atoms with E-state index in [1.807, 2.05) is 0 Å². The maximum Gasteiger partial charge on any atom is 0.257 e. The third kappa shape index (κ3) is 7.29. The molecule has 0 aliphatic heterocycles. The number of ether oxygens (including phenoxy) is 3. The van der Waals surface area contributed by atoms with Gasteiger partial charge in [0.2, 0.25) is 0 Å². The van der Waals surface area contributed by atoms with E-state index in [4.69, 9.17) is 14.2 Å². The van der Waals surface area contributed by atoms with Crippen LogP contribution in [-0.4, -0.2) is 55.7 Å². The van der Waals surface area contributed by atoms with Crippen molar-refractivity contribution in [3.05, 3.63) is 54.4 Å². The fourth-order valence-electron chi connectivity index (χ4n) is 2.84. The van der Waals surface area contributed by atoms with E-state index in [9.17, 15) is 13.2 Å². The Hall–Kier alpha value is -3.44. The first-order valence-electron chi connectivity index (χ1n) is 10.2. The molecular weight excluding hydrogens is 448 g/mol. The molecule has 0 unspecified atom stereocenters. The maximum atomic E-state index is 12.8. The van der Waals surface area contributed by atoms with Crippen molar-refractivity contribution in [3.63, 3.8) is 0 Å². The highest BCUT2D eigenvalue weighted by atomic mass is 32.2. The van der Waals surface area contributed by atoms with Gasteiger partial charge in [-0.2, -0.15) is 5.10 Å². The van der Waals surface area contributed by atoms with E-state index < -0.39 is 9.84 Å². The Morgan fingerprint density at radius 3 is 2.45 bits per heavy atom. The second-order valence-electron chi connectivity index (χ2n) is 7.28. The Labute approximate surface area is 192 Å². The Morgan fingerprint density at radius 2 is 1.82 bits per heavy atom. The van der Waals surface area contributed by atoms with Crippen molar-refractivity contribution in [2.45, 2.75) is 17.9 Å². The molecule has 33 heavy (non-hydrogen) atoms. The number of unbranched alkanes of at least 4 members (excludes halogenated alkanes) is 1. The molecule has 2 aromatic heterocycles. The van der Waals surface area contributed by atoms with Crippen molar-refractivity contribution in [2.24, 2.45) is 7.05 Å². The highest BCUT2D eigenvalue weighted by Crippen LogP contribution is 2.28. The zero-order chi connectivity index (χ0) is 23.8. The van der Waals surface area contributed by atoms with Crippen LogP contribution in [0.3, 0.4) is 0 Å². The quantitative estimate of drug-likeness (QED) is 0.421. The third-order valence-corrected chi connectivity index (χ3v) is 5.44. The largest absolute Gasteiger partial charge is 0.493 e.